The number of hydrogen-bond acceptors (Lipinski definition) is 7. The number of methoxy groups -OCH3 is 1. The van der Waals surface area contributed by atoms with Gasteiger partial charge in [-0.25, -0.2) is 14.8 Å². The van der Waals surface area contributed by atoms with Crippen molar-refractivity contribution < 1.29 is 14.3 Å². The Balaban J connectivity index is 1.07. The third-order valence-electron chi connectivity index (χ3n) is 8.58. The number of aromatic nitrogens is 2. The van der Waals surface area contributed by atoms with E-state index in [1.165, 1.54) is 17.6 Å². The first-order chi connectivity index (χ1) is 19.5. The summed E-state index contributed by atoms with van der Waals surface area (Å²) in [6.07, 6.45) is 11.5. The Kier molecular flexibility index (Phi) is 7.28. The first kappa shape index (κ1) is 26.1. The fraction of sp³-hybridized carbons (Fsp3) is 0.419. The number of allylic oxidation sites excluding steroid dienone is 4. The molecule has 40 heavy (non-hydrogen) atoms. The van der Waals surface area contributed by atoms with Gasteiger partial charge < -0.3 is 25.2 Å². The van der Waals surface area contributed by atoms with Crippen molar-refractivity contribution in [3.8, 4) is 5.75 Å². The van der Waals surface area contributed by atoms with E-state index < -0.39 is 0 Å². The van der Waals surface area contributed by atoms with E-state index in [-0.39, 0.29) is 23.8 Å². The van der Waals surface area contributed by atoms with Crippen molar-refractivity contribution in [1.29, 1.82) is 0 Å². The van der Waals surface area contributed by atoms with Crippen molar-refractivity contribution >= 4 is 23.3 Å². The maximum absolute atomic E-state index is 13.3. The number of piperidine rings is 1. The largest absolute Gasteiger partial charge is 0.497 e. The minimum atomic E-state index is -0.0504. The van der Waals surface area contributed by atoms with Crippen LogP contribution in [-0.2, 0) is 6.42 Å². The van der Waals surface area contributed by atoms with E-state index in [0.717, 1.165) is 80.1 Å². The Morgan fingerprint density at radius 1 is 1.07 bits per heavy atom. The summed E-state index contributed by atoms with van der Waals surface area (Å²) in [6.45, 7) is 6.19. The number of nitrogens with zero attached hydrogens (tertiary/aromatic N) is 4. The van der Waals surface area contributed by atoms with Crippen LogP contribution in [0.5, 0.6) is 5.75 Å². The monoisotopic (exact) mass is 540 g/mol. The van der Waals surface area contributed by atoms with Gasteiger partial charge in [-0.2, -0.15) is 0 Å². The van der Waals surface area contributed by atoms with Gasteiger partial charge in [0.25, 0.3) is 0 Å². The molecule has 0 saturated carbocycles. The van der Waals surface area contributed by atoms with E-state index in [1.54, 1.807) is 7.11 Å². The normalized spacial score (nSPS) is 21.3. The van der Waals surface area contributed by atoms with Crippen LogP contribution in [-0.4, -0.2) is 59.5 Å². The molecule has 4 aliphatic rings. The zero-order valence-corrected chi connectivity index (χ0v) is 23.0. The molecule has 0 radical (unpaired) electrons. The molecule has 0 bridgehead atoms. The average molecular weight is 541 g/mol. The molecule has 6 rings (SSSR count). The van der Waals surface area contributed by atoms with Crippen molar-refractivity contribution in [3.05, 3.63) is 77.5 Å². The van der Waals surface area contributed by atoms with E-state index in [1.807, 2.05) is 35.2 Å². The lowest BCUT2D eigenvalue weighted by Crippen LogP contribution is -2.49. The zero-order chi connectivity index (χ0) is 27.6. The third-order valence-corrected chi connectivity index (χ3v) is 8.58. The molecule has 1 aromatic carbocycles. The molecule has 208 valence electrons. The lowest BCUT2D eigenvalue weighted by molar-refractivity contribution is 0.0959. The summed E-state index contributed by atoms with van der Waals surface area (Å²) in [4.78, 5) is 39.4. The lowest BCUT2D eigenvalue weighted by atomic mass is 9.80. The number of Topliss-reactive ketones (excluding diaryl/α,β-unsaturated/α-hetero) is 1. The second-order valence-electron chi connectivity index (χ2n) is 11.0. The van der Waals surface area contributed by atoms with Crippen LogP contribution in [0.4, 0.5) is 16.3 Å². The van der Waals surface area contributed by atoms with Crippen LogP contribution in [0.15, 0.2) is 66.3 Å². The van der Waals surface area contributed by atoms with E-state index in [4.69, 9.17) is 4.74 Å². The van der Waals surface area contributed by atoms with Gasteiger partial charge in [-0.05, 0) is 79.9 Å². The van der Waals surface area contributed by atoms with Crippen LogP contribution in [0.2, 0.25) is 0 Å². The van der Waals surface area contributed by atoms with Crippen molar-refractivity contribution in [3.63, 3.8) is 0 Å². The second-order valence-corrected chi connectivity index (χ2v) is 11.0. The number of ketones is 1. The summed E-state index contributed by atoms with van der Waals surface area (Å²) in [5.41, 5.74) is 5.74. The number of amides is 2. The Labute approximate surface area is 235 Å². The average Bonchev–Trinajstić information content (AvgIpc) is 3.14. The molecule has 3 aliphatic heterocycles. The molecule has 4 heterocycles. The van der Waals surface area contributed by atoms with Gasteiger partial charge in [0.2, 0.25) is 0 Å². The van der Waals surface area contributed by atoms with Crippen molar-refractivity contribution in [2.45, 2.75) is 51.0 Å². The van der Waals surface area contributed by atoms with Gasteiger partial charge in [0.05, 0.1) is 7.11 Å². The number of rotatable bonds is 6. The van der Waals surface area contributed by atoms with Crippen LogP contribution < -0.4 is 20.3 Å². The van der Waals surface area contributed by atoms with E-state index in [2.05, 4.69) is 38.2 Å². The van der Waals surface area contributed by atoms with Crippen LogP contribution in [0.25, 0.3) is 0 Å². The van der Waals surface area contributed by atoms with Gasteiger partial charge in [0.15, 0.2) is 5.78 Å². The Morgan fingerprint density at radius 3 is 2.75 bits per heavy atom. The number of ether oxygens (including phenoxy) is 1. The molecule has 9 nitrogen and oxygen atoms in total. The van der Waals surface area contributed by atoms with Gasteiger partial charge in [0.1, 0.15) is 23.6 Å². The predicted molar refractivity (Wildman–Crippen MR) is 154 cm³/mol. The van der Waals surface area contributed by atoms with Crippen LogP contribution in [0.1, 0.15) is 54.6 Å². The van der Waals surface area contributed by atoms with E-state index in [9.17, 15) is 9.59 Å². The summed E-state index contributed by atoms with van der Waals surface area (Å²) in [5.74, 6) is 1.81. The summed E-state index contributed by atoms with van der Waals surface area (Å²) in [6, 6.07) is 7.72. The van der Waals surface area contributed by atoms with Crippen LogP contribution >= 0.6 is 0 Å². The minimum Gasteiger partial charge on any atom is -0.497 e. The lowest BCUT2D eigenvalue weighted by Gasteiger charge is -2.38. The van der Waals surface area contributed by atoms with Crippen molar-refractivity contribution in [2.24, 2.45) is 5.92 Å². The minimum absolute atomic E-state index is 0.0486. The summed E-state index contributed by atoms with van der Waals surface area (Å²) in [5, 5.41) is 6.46. The van der Waals surface area contributed by atoms with Crippen molar-refractivity contribution in [2.75, 3.05) is 37.0 Å². The maximum Gasteiger partial charge on any atom is 0.322 e. The summed E-state index contributed by atoms with van der Waals surface area (Å²) >= 11 is 0. The van der Waals surface area contributed by atoms with Crippen molar-refractivity contribution in [1.82, 2.24) is 20.2 Å². The first-order valence-electron chi connectivity index (χ1n) is 14.2. The highest BCUT2D eigenvalue weighted by atomic mass is 16.5. The number of carbonyl (C=O) groups is 2. The molecule has 1 atom stereocenters. The molecule has 2 amide bonds. The predicted octanol–water partition coefficient (Wildman–Crippen LogP) is 4.84. The van der Waals surface area contributed by atoms with Gasteiger partial charge in [-0.3, -0.25) is 4.79 Å². The summed E-state index contributed by atoms with van der Waals surface area (Å²) < 4.78 is 5.36. The highest BCUT2D eigenvalue weighted by molar-refractivity contribution is 5.95. The Bertz CT molecular complexity index is 1390. The van der Waals surface area contributed by atoms with Gasteiger partial charge in [0, 0.05) is 55.2 Å². The molecular weight excluding hydrogens is 504 g/mol. The highest BCUT2D eigenvalue weighted by Gasteiger charge is 2.31. The quantitative estimate of drug-likeness (QED) is 0.506. The smallest absolute Gasteiger partial charge is 0.322 e. The van der Waals surface area contributed by atoms with Gasteiger partial charge in [-0.1, -0.05) is 12.7 Å². The molecule has 1 saturated heterocycles. The SMILES string of the molecule is C=C1C=CC2=C(CCCC2CC(=O)c2cc(N3CCC(N4CCc5cc(OC)ccc5NC4=O)CC3)ncn2)N1. The number of hydrogen-bond donors (Lipinski definition) is 2. The third kappa shape index (κ3) is 5.33. The van der Waals surface area contributed by atoms with E-state index >= 15 is 0 Å². The van der Waals surface area contributed by atoms with Gasteiger partial charge in [-0.15, -0.1) is 0 Å². The molecule has 1 fully saturated rings. The molecule has 2 N–H and O–H groups in total. The Morgan fingerprint density at radius 2 is 1.93 bits per heavy atom. The molecule has 1 aliphatic carbocycles. The molecule has 0 spiro atoms. The molecule has 9 heteroatoms. The number of benzene rings is 1. The standard InChI is InChI=1S/C31H36N6O3/c1-20-6-8-25-21(4-3-5-27(25)34-20)17-29(38)28-18-30(33-19-32-28)36-13-11-23(12-14-36)37-15-10-22-16-24(40-2)7-9-26(22)35-31(37)39/h6-9,16,18-19,21,23,34H,1,3-5,10-15,17H2,2H3,(H,35,39). The van der Waals surface area contributed by atoms with Crippen LogP contribution in [0, 0.1) is 5.92 Å². The molecule has 1 aromatic heterocycles. The number of nitrogens with one attached hydrogen (secondary N) is 2. The number of anilines is 2. The fourth-order valence-corrected chi connectivity index (χ4v) is 6.39. The number of fused-ring (bicyclic) bond motifs is 1. The number of urea groups is 1. The molecule has 2 aromatic rings. The second kappa shape index (κ2) is 11.2. The molecule has 1 unspecified atom stereocenters. The fourth-order valence-electron chi connectivity index (χ4n) is 6.39. The zero-order valence-electron chi connectivity index (χ0n) is 23.0. The van der Waals surface area contributed by atoms with Gasteiger partial charge >= 0.3 is 6.03 Å². The van der Waals surface area contributed by atoms with Crippen LogP contribution in [0.3, 0.4) is 0 Å². The first-order valence-corrected chi connectivity index (χ1v) is 14.2. The molecular formula is C31H36N6O3. The highest BCUT2D eigenvalue weighted by Crippen LogP contribution is 2.35. The number of carbonyl (C=O) groups excluding carboxylic acids is 2. The van der Waals surface area contributed by atoms with E-state index in [0.29, 0.717) is 18.7 Å². The summed E-state index contributed by atoms with van der Waals surface area (Å²) in [7, 11) is 1.65. The Hall–Kier alpha value is -4.14. The topological polar surface area (TPSA) is 99.7 Å². The maximum atomic E-state index is 13.3. The number of dihydropyridines is 1.